The molecule has 0 fully saturated rings. The Bertz CT molecular complexity index is 609. The lowest BCUT2D eigenvalue weighted by Gasteiger charge is -2.15. The second kappa shape index (κ2) is 4.84. The van der Waals surface area contributed by atoms with Gasteiger partial charge < -0.3 is 4.74 Å². The third-order valence-electron chi connectivity index (χ3n) is 3.23. The molecule has 0 N–H and O–H groups in total. The van der Waals surface area contributed by atoms with Gasteiger partial charge in [0.2, 0.25) is 5.90 Å². The minimum atomic E-state index is -0.304. The van der Waals surface area contributed by atoms with Gasteiger partial charge in [-0.25, -0.2) is 9.38 Å². The second-order valence-electron chi connectivity index (χ2n) is 4.60. The maximum Gasteiger partial charge on any atom is 0.220 e. The number of rotatable bonds is 2. The summed E-state index contributed by atoms with van der Waals surface area (Å²) < 4.78 is 19.6. The Kier molecular flexibility index (Phi) is 3.03. The Hall–Kier alpha value is -2.16. The largest absolute Gasteiger partial charge is 0.467 e. The maximum absolute atomic E-state index is 13.7. The number of ether oxygens (including phenoxy) is 1. The van der Waals surface area contributed by atoms with E-state index < -0.39 is 0 Å². The lowest BCUT2D eigenvalue weighted by atomic mass is 10.0. The third kappa shape index (κ3) is 2.24. The van der Waals surface area contributed by atoms with Gasteiger partial charge in [-0.3, -0.25) is 0 Å². The van der Waals surface area contributed by atoms with E-state index in [9.17, 15) is 4.39 Å². The maximum atomic E-state index is 13.7. The molecule has 2 aromatic carbocycles. The van der Waals surface area contributed by atoms with E-state index in [0.29, 0.717) is 11.5 Å². The van der Waals surface area contributed by atoms with Gasteiger partial charge in [0, 0.05) is 0 Å². The van der Waals surface area contributed by atoms with Crippen molar-refractivity contribution in [3.8, 4) is 0 Å². The highest BCUT2D eigenvalue weighted by molar-refractivity contribution is 5.95. The van der Waals surface area contributed by atoms with Crippen LogP contribution in [0.4, 0.5) is 4.39 Å². The summed E-state index contributed by atoms with van der Waals surface area (Å²) in [5.74, 6) is 0.0848. The highest BCUT2D eigenvalue weighted by Gasteiger charge is 2.30. The Morgan fingerprint density at radius 1 is 1.00 bits per heavy atom. The number of benzene rings is 2. The van der Waals surface area contributed by atoms with E-state index in [4.69, 9.17) is 4.74 Å². The molecule has 2 aromatic rings. The molecule has 0 saturated heterocycles. The van der Waals surface area contributed by atoms with Gasteiger partial charge in [0.25, 0.3) is 0 Å². The molecule has 0 bridgehead atoms. The van der Waals surface area contributed by atoms with Crippen LogP contribution in [-0.4, -0.2) is 11.9 Å². The summed E-state index contributed by atoms with van der Waals surface area (Å²) in [7, 11) is 0. The van der Waals surface area contributed by atoms with Gasteiger partial charge in [0.05, 0.1) is 11.6 Å². The molecule has 19 heavy (non-hydrogen) atoms. The average molecular weight is 255 g/mol. The number of aliphatic imine (C=N–C) groups is 1. The zero-order valence-electron chi connectivity index (χ0n) is 10.6. The zero-order chi connectivity index (χ0) is 13.2. The summed E-state index contributed by atoms with van der Waals surface area (Å²) in [4.78, 5) is 4.43. The van der Waals surface area contributed by atoms with Crippen molar-refractivity contribution in [3.63, 3.8) is 0 Å². The molecule has 0 spiro atoms. The molecule has 1 aliphatic heterocycles. The van der Waals surface area contributed by atoms with Crippen molar-refractivity contribution in [2.75, 3.05) is 0 Å². The zero-order valence-corrected chi connectivity index (χ0v) is 10.6. The lowest BCUT2D eigenvalue weighted by molar-refractivity contribution is 0.202. The monoisotopic (exact) mass is 255 g/mol. The van der Waals surface area contributed by atoms with Crippen LogP contribution in [0, 0.1) is 5.82 Å². The molecule has 0 aliphatic carbocycles. The minimum Gasteiger partial charge on any atom is -0.467 e. The van der Waals surface area contributed by atoms with Crippen LogP contribution in [0.1, 0.15) is 24.2 Å². The van der Waals surface area contributed by atoms with Gasteiger partial charge in [-0.2, -0.15) is 0 Å². The van der Waals surface area contributed by atoms with E-state index in [1.165, 1.54) is 6.07 Å². The van der Waals surface area contributed by atoms with Crippen LogP contribution in [0.2, 0.25) is 0 Å². The molecular formula is C16H14FNO. The van der Waals surface area contributed by atoms with Crippen molar-refractivity contribution in [3.05, 3.63) is 71.5 Å². The topological polar surface area (TPSA) is 21.6 Å². The summed E-state index contributed by atoms with van der Waals surface area (Å²) >= 11 is 0. The van der Waals surface area contributed by atoms with Crippen molar-refractivity contribution in [2.24, 2.45) is 4.99 Å². The smallest absolute Gasteiger partial charge is 0.220 e. The predicted molar refractivity (Wildman–Crippen MR) is 72.7 cm³/mol. The summed E-state index contributed by atoms with van der Waals surface area (Å²) in [6, 6.07) is 16.4. The van der Waals surface area contributed by atoms with Crippen LogP contribution in [0.5, 0.6) is 0 Å². The van der Waals surface area contributed by atoms with Crippen LogP contribution in [0.15, 0.2) is 59.6 Å². The molecular weight excluding hydrogens is 241 g/mol. The molecule has 0 aromatic heterocycles. The predicted octanol–water partition coefficient (Wildman–Crippen LogP) is 3.73. The van der Waals surface area contributed by atoms with E-state index in [0.717, 1.165) is 5.56 Å². The second-order valence-corrected chi connectivity index (χ2v) is 4.60. The average Bonchev–Trinajstić information content (AvgIpc) is 2.82. The summed E-state index contributed by atoms with van der Waals surface area (Å²) in [5, 5.41) is 0. The summed E-state index contributed by atoms with van der Waals surface area (Å²) in [6.45, 7) is 1.98. The molecule has 96 valence electrons. The molecule has 0 amide bonds. The van der Waals surface area contributed by atoms with Crippen molar-refractivity contribution < 1.29 is 9.13 Å². The number of halogens is 1. The molecule has 1 aliphatic rings. The Morgan fingerprint density at radius 2 is 1.68 bits per heavy atom. The molecule has 0 radical (unpaired) electrons. The van der Waals surface area contributed by atoms with Gasteiger partial charge in [0.1, 0.15) is 11.9 Å². The summed E-state index contributed by atoms with van der Waals surface area (Å²) in [6.07, 6.45) is -0.143. The fourth-order valence-electron chi connectivity index (χ4n) is 2.26. The van der Waals surface area contributed by atoms with Crippen molar-refractivity contribution >= 4 is 5.90 Å². The first kappa shape index (κ1) is 11.9. The Labute approximate surface area is 111 Å². The normalized spacial score (nSPS) is 21.9. The first-order valence-corrected chi connectivity index (χ1v) is 6.30. The molecule has 3 heteroatoms. The van der Waals surface area contributed by atoms with Crippen molar-refractivity contribution in [1.29, 1.82) is 0 Å². The van der Waals surface area contributed by atoms with Crippen LogP contribution in [0.3, 0.4) is 0 Å². The number of hydrogen-bond donors (Lipinski definition) is 0. The van der Waals surface area contributed by atoms with Gasteiger partial charge in [0.15, 0.2) is 0 Å². The van der Waals surface area contributed by atoms with Crippen LogP contribution >= 0.6 is 0 Å². The van der Waals surface area contributed by atoms with E-state index >= 15 is 0 Å². The van der Waals surface area contributed by atoms with E-state index in [-0.39, 0.29) is 18.0 Å². The van der Waals surface area contributed by atoms with Crippen LogP contribution in [0.25, 0.3) is 0 Å². The molecule has 2 atom stereocenters. The molecule has 0 saturated carbocycles. The quantitative estimate of drug-likeness (QED) is 0.801. The molecule has 2 unspecified atom stereocenters. The fourth-order valence-corrected chi connectivity index (χ4v) is 2.26. The summed E-state index contributed by atoms with van der Waals surface area (Å²) in [5.41, 5.74) is 1.48. The highest BCUT2D eigenvalue weighted by Crippen LogP contribution is 2.31. The lowest BCUT2D eigenvalue weighted by Crippen LogP contribution is -2.11. The Balaban J connectivity index is 1.89. The van der Waals surface area contributed by atoms with Gasteiger partial charge in [-0.15, -0.1) is 0 Å². The van der Waals surface area contributed by atoms with E-state index in [2.05, 4.69) is 4.99 Å². The van der Waals surface area contributed by atoms with E-state index in [1.54, 1.807) is 18.2 Å². The standard InChI is InChI=1S/C16H14FNO/c1-11-15(12-7-3-2-4-8-12)19-16(18-11)13-9-5-6-10-14(13)17/h2-11,15H,1H3. The minimum absolute atomic E-state index is 0.0167. The van der Waals surface area contributed by atoms with Crippen LogP contribution in [-0.2, 0) is 4.74 Å². The van der Waals surface area contributed by atoms with Gasteiger partial charge in [-0.05, 0) is 24.6 Å². The fraction of sp³-hybridized carbons (Fsp3) is 0.188. The molecule has 2 nitrogen and oxygen atoms in total. The Morgan fingerprint density at radius 3 is 2.42 bits per heavy atom. The SMILES string of the molecule is CC1N=C(c2ccccc2F)OC1c1ccccc1. The van der Waals surface area contributed by atoms with Crippen LogP contribution < -0.4 is 0 Å². The van der Waals surface area contributed by atoms with E-state index in [1.807, 2.05) is 37.3 Å². The highest BCUT2D eigenvalue weighted by atomic mass is 19.1. The first-order valence-electron chi connectivity index (χ1n) is 6.30. The number of nitrogens with zero attached hydrogens (tertiary/aromatic N) is 1. The molecule has 3 rings (SSSR count). The van der Waals surface area contributed by atoms with Gasteiger partial charge >= 0.3 is 0 Å². The van der Waals surface area contributed by atoms with Gasteiger partial charge in [-0.1, -0.05) is 42.5 Å². The van der Waals surface area contributed by atoms with Crippen molar-refractivity contribution in [2.45, 2.75) is 19.1 Å². The first-order chi connectivity index (χ1) is 9.25. The number of hydrogen-bond acceptors (Lipinski definition) is 2. The molecule has 1 heterocycles. The van der Waals surface area contributed by atoms with Crippen molar-refractivity contribution in [1.82, 2.24) is 0 Å². The third-order valence-corrected chi connectivity index (χ3v) is 3.23.